The third-order valence-electron chi connectivity index (χ3n) is 4.53. The SMILES string of the molecule is CCN1C(=O)/C(=C/c2ccc(OCCCOc3cccc(OC)c3)c(OC)c2)SC1=S. The van der Waals surface area contributed by atoms with Gasteiger partial charge in [0.1, 0.15) is 15.8 Å². The molecule has 0 spiro atoms. The fourth-order valence-electron chi connectivity index (χ4n) is 2.94. The summed E-state index contributed by atoms with van der Waals surface area (Å²) in [5, 5.41) is 0. The molecule has 0 atom stereocenters. The molecule has 0 unspecified atom stereocenters. The number of likely N-dealkylation sites (N-methyl/N-ethyl adjacent to an activating group) is 1. The van der Waals surface area contributed by atoms with Crippen LogP contribution in [0.3, 0.4) is 0 Å². The number of amides is 1. The van der Waals surface area contributed by atoms with Gasteiger partial charge in [-0.05, 0) is 42.8 Å². The average Bonchev–Trinajstić information content (AvgIpc) is 3.06. The lowest BCUT2D eigenvalue weighted by molar-refractivity contribution is -0.121. The Morgan fingerprint density at radius 3 is 2.48 bits per heavy atom. The van der Waals surface area contributed by atoms with E-state index in [0.29, 0.717) is 46.9 Å². The number of thioether (sulfide) groups is 1. The number of hydrogen-bond acceptors (Lipinski definition) is 7. The van der Waals surface area contributed by atoms with Crippen LogP contribution in [-0.4, -0.2) is 49.1 Å². The second-order valence-corrected chi connectivity index (χ2v) is 8.24. The number of hydrogen-bond donors (Lipinski definition) is 0. The molecule has 3 rings (SSSR count). The molecule has 1 aliphatic rings. The van der Waals surface area contributed by atoms with Crippen molar-refractivity contribution in [3.63, 3.8) is 0 Å². The van der Waals surface area contributed by atoms with E-state index in [0.717, 1.165) is 17.1 Å². The standard InChI is InChI=1S/C23H25NO5S2/c1-4-24-22(25)21(31-23(24)30)14-16-9-10-19(20(13-16)27-3)29-12-6-11-28-18-8-5-7-17(15-18)26-2/h5,7-10,13-15H,4,6,11-12H2,1-3H3/b21-14-. The molecular weight excluding hydrogens is 434 g/mol. The summed E-state index contributed by atoms with van der Waals surface area (Å²) in [6.45, 7) is 3.48. The zero-order chi connectivity index (χ0) is 22.2. The van der Waals surface area contributed by atoms with Gasteiger partial charge in [0.05, 0.1) is 32.3 Å². The van der Waals surface area contributed by atoms with E-state index >= 15 is 0 Å². The van der Waals surface area contributed by atoms with Crippen molar-refractivity contribution in [3.8, 4) is 23.0 Å². The van der Waals surface area contributed by atoms with E-state index in [2.05, 4.69) is 0 Å². The minimum Gasteiger partial charge on any atom is -0.497 e. The van der Waals surface area contributed by atoms with E-state index in [1.165, 1.54) is 11.8 Å². The summed E-state index contributed by atoms with van der Waals surface area (Å²) in [5.41, 5.74) is 0.849. The maximum atomic E-state index is 12.4. The van der Waals surface area contributed by atoms with Crippen LogP contribution in [0, 0.1) is 0 Å². The van der Waals surface area contributed by atoms with Crippen LogP contribution in [0.5, 0.6) is 23.0 Å². The maximum Gasteiger partial charge on any atom is 0.266 e. The number of nitrogens with zero attached hydrogens (tertiary/aromatic N) is 1. The van der Waals surface area contributed by atoms with Crippen molar-refractivity contribution in [2.45, 2.75) is 13.3 Å². The first kappa shape index (κ1) is 23.0. The minimum absolute atomic E-state index is 0.0622. The first-order valence-corrected chi connectivity index (χ1v) is 11.1. The van der Waals surface area contributed by atoms with Gasteiger partial charge in [0.25, 0.3) is 5.91 Å². The normalized spacial score (nSPS) is 14.8. The van der Waals surface area contributed by atoms with E-state index in [9.17, 15) is 4.79 Å². The Bertz CT molecular complexity index is 976. The Morgan fingerprint density at radius 2 is 1.77 bits per heavy atom. The summed E-state index contributed by atoms with van der Waals surface area (Å²) in [6.07, 6.45) is 2.53. The van der Waals surface area contributed by atoms with Crippen LogP contribution in [0.15, 0.2) is 47.4 Å². The molecule has 0 aromatic heterocycles. The van der Waals surface area contributed by atoms with Crippen molar-refractivity contribution in [2.24, 2.45) is 0 Å². The Labute approximate surface area is 192 Å². The quantitative estimate of drug-likeness (QED) is 0.288. The van der Waals surface area contributed by atoms with Crippen molar-refractivity contribution in [3.05, 3.63) is 52.9 Å². The summed E-state index contributed by atoms with van der Waals surface area (Å²) in [5.74, 6) is 2.70. The molecule has 1 fully saturated rings. The second kappa shape index (κ2) is 11.1. The summed E-state index contributed by atoms with van der Waals surface area (Å²) >= 11 is 6.57. The fourth-order valence-corrected chi connectivity index (χ4v) is 4.32. The molecule has 1 aliphatic heterocycles. The molecular formula is C23H25NO5S2. The van der Waals surface area contributed by atoms with Crippen molar-refractivity contribution < 1.29 is 23.7 Å². The highest BCUT2D eigenvalue weighted by Gasteiger charge is 2.30. The van der Waals surface area contributed by atoms with Gasteiger partial charge in [0, 0.05) is 19.0 Å². The molecule has 0 N–H and O–H groups in total. The smallest absolute Gasteiger partial charge is 0.266 e. The number of methoxy groups -OCH3 is 2. The van der Waals surface area contributed by atoms with Gasteiger partial charge in [-0.1, -0.05) is 36.1 Å². The van der Waals surface area contributed by atoms with Gasteiger partial charge in [-0.2, -0.15) is 0 Å². The molecule has 2 aromatic carbocycles. The molecule has 0 radical (unpaired) electrons. The van der Waals surface area contributed by atoms with E-state index in [1.807, 2.05) is 55.5 Å². The highest BCUT2D eigenvalue weighted by molar-refractivity contribution is 8.26. The summed E-state index contributed by atoms with van der Waals surface area (Å²) in [4.78, 5) is 14.6. The lowest BCUT2D eigenvalue weighted by Crippen LogP contribution is -2.27. The summed E-state index contributed by atoms with van der Waals surface area (Å²) in [6, 6.07) is 13.1. The topological polar surface area (TPSA) is 57.2 Å². The third-order valence-corrected chi connectivity index (χ3v) is 5.91. The van der Waals surface area contributed by atoms with Gasteiger partial charge in [-0.15, -0.1) is 0 Å². The van der Waals surface area contributed by atoms with Crippen molar-refractivity contribution in [1.29, 1.82) is 0 Å². The van der Waals surface area contributed by atoms with Crippen LogP contribution in [0.2, 0.25) is 0 Å². The predicted octanol–water partition coefficient (Wildman–Crippen LogP) is 4.77. The van der Waals surface area contributed by atoms with Gasteiger partial charge in [-0.3, -0.25) is 9.69 Å². The van der Waals surface area contributed by atoms with Gasteiger partial charge >= 0.3 is 0 Å². The molecule has 31 heavy (non-hydrogen) atoms. The number of carbonyl (C=O) groups excluding carboxylic acids is 1. The highest BCUT2D eigenvalue weighted by atomic mass is 32.2. The van der Waals surface area contributed by atoms with Crippen LogP contribution < -0.4 is 18.9 Å². The first-order valence-electron chi connectivity index (χ1n) is 9.88. The van der Waals surface area contributed by atoms with Crippen LogP contribution in [-0.2, 0) is 4.79 Å². The maximum absolute atomic E-state index is 12.4. The van der Waals surface area contributed by atoms with Gasteiger partial charge in [0.15, 0.2) is 11.5 Å². The van der Waals surface area contributed by atoms with Crippen LogP contribution in [0.1, 0.15) is 18.9 Å². The van der Waals surface area contributed by atoms with Crippen molar-refractivity contribution in [1.82, 2.24) is 4.90 Å². The molecule has 1 heterocycles. The zero-order valence-corrected chi connectivity index (χ0v) is 19.4. The molecule has 1 saturated heterocycles. The molecule has 1 amide bonds. The third kappa shape index (κ3) is 5.92. The Morgan fingerprint density at radius 1 is 1.00 bits per heavy atom. The average molecular weight is 460 g/mol. The lowest BCUT2D eigenvalue weighted by Gasteiger charge is -2.12. The molecule has 8 heteroatoms. The predicted molar refractivity (Wildman–Crippen MR) is 127 cm³/mol. The van der Waals surface area contributed by atoms with Crippen LogP contribution >= 0.6 is 24.0 Å². The van der Waals surface area contributed by atoms with Crippen molar-refractivity contribution in [2.75, 3.05) is 34.0 Å². The van der Waals surface area contributed by atoms with Gasteiger partial charge in [0.2, 0.25) is 0 Å². The Balaban J connectivity index is 1.55. The van der Waals surface area contributed by atoms with E-state index in [-0.39, 0.29) is 5.91 Å². The first-order chi connectivity index (χ1) is 15.0. The second-order valence-electron chi connectivity index (χ2n) is 6.57. The van der Waals surface area contributed by atoms with Crippen molar-refractivity contribution >= 4 is 40.3 Å². The summed E-state index contributed by atoms with van der Waals surface area (Å²) in [7, 11) is 3.22. The number of carbonyl (C=O) groups is 1. The Kier molecular flexibility index (Phi) is 8.20. The molecule has 0 bridgehead atoms. The van der Waals surface area contributed by atoms with Gasteiger partial charge < -0.3 is 18.9 Å². The largest absolute Gasteiger partial charge is 0.497 e. The van der Waals surface area contributed by atoms with E-state index < -0.39 is 0 Å². The molecule has 0 saturated carbocycles. The number of rotatable bonds is 10. The lowest BCUT2D eigenvalue weighted by atomic mass is 10.2. The fraction of sp³-hybridized carbons (Fsp3) is 0.304. The molecule has 6 nitrogen and oxygen atoms in total. The van der Waals surface area contributed by atoms with Crippen LogP contribution in [0.4, 0.5) is 0 Å². The van der Waals surface area contributed by atoms with Gasteiger partial charge in [-0.25, -0.2) is 0 Å². The molecule has 164 valence electrons. The zero-order valence-electron chi connectivity index (χ0n) is 17.8. The minimum atomic E-state index is -0.0622. The van der Waals surface area contributed by atoms with E-state index in [4.69, 9.17) is 31.2 Å². The molecule has 2 aromatic rings. The number of ether oxygens (including phenoxy) is 4. The number of thiocarbonyl (C=S) groups is 1. The Hall–Kier alpha value is -2.71. The highest BCUT2D eigenvalue weighted by Crippen LogP contribution is 2.34. The monoisotopic (exact) mass is 459 g/mol. The number of benzene rings is 2. The summed E-state index contributed by atoms with van der Waals surface area (Å²) < 4.78 is 22.8. The van der Waals surface area contributed by atoms with Crippen LogP contribution in [0.25, 0.3) is 6.08 Å². The van der Waals surface area contributed by atoms with E-state index in [1.54, 1.807) is 19.1 Å². The molecule has 0 aliphatic carbocycles.